The quantitative estimate of drug-likeness (QED) is 0.421. The Balaban J connectivity index is 2.17. The van der Waals surface area contributed by atoms with Crippen LogP contribution < -0.4 is 11.2 Å². The highest BCUT2D eigenvalue weighted by atomic mass is 32.2. The summed E-state index contributed by atoms with van der Waals surface area (Å²) in [5.74, 6) is -0.441. The normalized spacial score (nSPS) is 19.5. The first-order chi connectivity index (χ1) is 11.4. The number of piperidine rings is 1. The first-order valence-corrected chi connectivity index (χ1v) is 9.00. The molecule has 8 nitrogen and oxygen atoms in total. The van der Waals surface area contributed by atoms with E-state index >= 15 is 0 Å². The van der Waals surface area contributed by atoms with Gasteiger partial charge in [0.1, 0.15) is 6.07 Å². The Bertz CT molecular complexity index is 779. The van der Waals surface area contributed by atoms with Crippen LogP contribution in [0.5, 0.6) is 0 Å². The van der Waals surface area contributed by atoms with E-state index in [9.17, 15) is 8.42 Å². The lowest BCUT2D eigenvalue weighted by atomic mass is 10.1. The van der Waals surface area contributed by atoms with Crippen molar-refractivity contribution in [1.29, 1.82) is 10.7 Å². The maximum absolute atomic E-state index is 12.7. The monoisotopic (exact) mass is 348 g/mol. The fourth-order valence-corrected chi connectivity index (χ4v) is 4.23. The Kier molecular flexibility index (Phi) is 5.54. The summed E-state index contributed by atoms with van der Waals surface area (Å²) in [6.07, 6.45) is 2.79. The fraction of sp³-hybridized carbons (Fsp3) is 0.400. The highest BCUT2D eigenvalue weighted by Gasteiger charge is 2.30. The average molecular weight is 348 g/mol. The largest absolute Gasteiger partial charge is 0.382 e. The van der Waals surface area contributed by atoms with Gasteiger partial charge in [0.2, 0.25) is 15.7 Å². The molecule has 4 N–H and O–H groups in total. The standard InChI is InChI=1S/C15H20N6O2S/c1-11-4-2-3-9-21(11)24(22,23)13-7-5-12(6-8-13)19-20-14(10-16)15(17)18/h5-8,11,19H,2-4,9H2,1H3,(H3,17,18)/b20-14+. The SMILES string of the molecule is CC1CCCCN1S(=O)(=O)c1ccc(N/N=C(\C#N)C(=N)N)cc1. The summed E-state index contributed by atoms with van der Waals surface area (Å²) in [4.78, 5) is 0.220. The number of hydrogen-bond acceptors (Lipinski definition) is 6. The molecule has 1 fully saturated rings. The molecule has 1 heterocycles. The molecule has 0 spiro atoms. The maximum atomic E-state index is 12.7. The first kappa shape index (κ1) is 17.9. The van der Waals surface area contributed by atoms with Crippen molar-refractivity contribution >= 4 is 27.3 Å². The Morgan fingerprint density at radius 2 is 2.08 bits per heavy atom. The molecule has 0 radical (unpaired) electrons. The van der Waals surface area contributed by atoms with E-state index < -0.39 is 15.9 Å². The van der Waals surface area contributed by atoms with E-state index in [1.54, 1.807) is 22.5 Å². The molecule has 0 bridgehead atoms. The smallest absolute Gasteiger partial charge is 0.243 e. The molecule has 1 atom stereocenters. The first-order valence-electron chi connectivity index (χ1n) is 7.56. The van der Waals surface area contributed by atoms with E-state index in [0.717, 1.165) is 19.3 Å². The zero-order valence-electron chi connectivity index (χ0n) is 13.4. The molecule has 9 heteroatoms. The van der Waals surface area contributed by atoms with Crippen molar-refractivity contribution in [2.24, 2.45) is 10.8 Å². The van der Waals surface area contributed by atoms with Crippen molar-refractivity contribution in [2.75, 3.05) is 12.0 Å². The highest BCUT2D eigenvalue weighted by molar-refractivity contribution is 7.89. The number of rotatable bonds is 5. The van der Waals surface area contributed by atoms with Gasteiger partial charge in [0.15, 0.2) is 5.84 Å². The minimum atomic E-state index is -3.51. The van der Waals surface area contributed by atoms with Crippen molar-refractivity contribution in [3.05, 3.63) is 24.3 Å². The molecule has 1 aromatic carbocycles. The molecule has 1 aliphatic rings. The molecule has 1 unspecified atom stereocenters. The van der Waals surface area contributed by atoms with E-state index in [1.807, 2.05) is 6.92 Å². The predicted molar refractivity (Wildman–Crippen MR) is 92.2 cm³/mol. The van der Waals surface area contributed by atoms with Crippen LogP contribution in [-0.2, 0) is 10.0 Å². The summed E-state index contributed by atoms with van der Waals surface area (Å²) in [6.45, 7) is 2.46. The van der Waals surface area contributed by atoms with Crippen LogP contribution in [0.4, 0.5) is 5.69 Å². The van der Waals surface area contributed by atoms with Gasteiger partial charge in [-0.15, -0.1) is 0 Å². The number of nitriles is 1. The Morgan fingerprint density at radius 3 is 2.62 bits per heavy atom. The third-order valence-electron chi connectivity index (χ3n) is 3.86. The van der Waals surface area contributed by atoms with Crippen molar-refractivity contribution in [3.63, 3.8) is 0 Å². The maximum Gasteiger partial charge on any atom is 0.243 e. The zero-order valence-corrected chi connectivity index (χ0v) is 14.2. The molecule has 24 heavy (non-hydrogen) atoms. The highest BCUT2D eigenvalue weighted by Crippen LogP contribution is 2.25. The van der Waals surface area contributed by atoms with Crippen LogP contribution in [0.15, 0.2) is 34.3 Å². The second kappa shape index (κ2) is 7.42. The molecule has 1 saturated heterocycles. The molecule has 1 aliphatic heterocycles. The van der Waals surface area contributed by atoms with Crippen LogP contribution in [0.2, 0.25) is 0 Å². The summed E-state index contributed by atoms with van der Waals surface area (Å²) in [7, 11) is -3.51. The van der Waals surface area contributed by atoms with Gasteiger partial charge in [-0.3, -0.25) is 10.8 Å². The molecule has 0 aliphatic carbocycles. The topological polar surface area (TPSA) is 135 Å². The summed E-state index contributed by atoms with van der Waals surface area (Å²) in [6, 6.07) is 7.79. The van der Waals surface area contributed by atoms with E-state index in [2.05, 4.69) is 10.5 Å². The average Bonchev–Trinajstić information content (AvgIpc) is 2.56. The molecule has 128 valence electrons. The van der Waals surface area contributed by atoms with Crippen molar-refractivity contribution < 1.29 is 8.42 Å². The molecule has 1 aromatic rings. The van der Waals surface area contributed by atoms with Crippen LogP contribution in [0.1, 0.15) is 26.2 Å². The van der Waals surface area contributed by atoms with Gasteiger partial charge in [0, 0.05) is 12.6 Å². The minimum Gasteiger partial charge on any atom is -0.382 e. The molecule has 0 saturated carbocycles. The minimum absolute atomic E-state index is 0.0000880. The number of hydrazone groups is 1. The van der Waals surface area contributed by atoms with Gasteiger partial charge in [0.05, 0.1) is 10.6 Å². The third-order valence-corrected chi connectivity index (χ3v) is 5.89. The number of nitrogens with two attached hydrogens (primary N) is 1. The molecule has 2 rings (SSSR count). The number of anilines is 1. The van der Waals surface area contributed by atoms with Gasteiger partial charge in [-0.25, -0.2) is 8.42 Å². The number of nitrogens with zero attached hydrogens (tertiary/aromatic N) is 3. The predicted octanol–water partition coefficient (Wildman–Crippen LogP) is 1.48. The van der Waals surface area contributed by atoms with Crippen LogP contribution >= 0.6 is 0 Å². The van der Waals surface area contributed by atoms with Gasteiger partial charge in [-0.05, 0) is 44.0 Å². The van der Waals surface area contributed by atoms with Crippen LogP contribution in [0.25, 0.3) is 0 Å². The lowest BCUT2D eigenvalue weighted by Gasteiger charge is -2.32. The number of sulfonamides is 1. The van der Waals surface area contributed by atoms with Crippen LogP contribution in [-0.4, -0.2) is 36.9 Å². The van der Waals surface area contributed by atoms with Crippen LogP contribution in [0.3, 0.4) is 0 Å². The zero-order chi connectivity index (χ0) is 17.7. The number of hydrogen-bond donors (Lipinski definition) is 3. The number of amidine groups is 1. The lowest BCUT2D eigenvalue weighted by molar-refractivity contribution is 0.268. The van der Waals surface area contributed by atoms with Gasteiger partial charge in [-0.1, -0.05) is 6.42 Å². The van der Waals surface area contributed by atoms with Gasteiger partial charge < -0.3 is 5.73 Å². The summed E-state index contributed by atoms with van der Waals surface area (Å²) >= 11 is 0. The second-order valence-corrected chi connectivity index (χ2v) is 7.47. The number of nitrogens with one attached hydrogen (secondary N) is 2. The van der Waals surface area contributed by atoms with E-state index in [0.29, 0.717) is 12.2 Å². The van der Waals surface area contributed by atoms with Gasteiger partial charge in [-0.2, -0.15) is 14.7 Å². The van der Waals surface area contributed by atoms with E-state index in [4.69, 9.17) is 16.4 Å². The van der Waals surface area contributed by atoms with Gasteiger partial charge >= 0.3 is 0 Å². The van der Waals surface area contributed by atoms with Crippen molar-refractivity contribution in [1.82, 2.24) is 4.31 Å². The van der Waals surface area contributed by atoms with Gasteiger partial charge in [0.25, 0.3) is 0 Å². The van der Waals surface area contributed by atoms with Crippen LogP contribution in [0, 0.1) is 16.7 Å². The van der Waals surface area contributed by atoms with Crippen molar-refractivity contribution in [3.8, 4) is 6.07 Å². The lowest BCUT2D eigenvalue weighted by Crippen LogP contribution is -2.41. The van der Waals surface area contributed by atoms with E-state index in [1.165, 1.54) is 12.1 Å². The molecular weight excluding hydrogens is 328 g/mol. The molecular formula is C15H20N6O2S. The Hall–Kier alpha value is -2.44. The summed E-state index contributed by atoms with van der Waals surface area (Å²) in [5.41, 5.74) is 8.03. The third kappa shape index (κ3) is 3.90. The summed E-state index contributed by atoms with van der Waals surface area (Å²) < 4.78 is 26.9. The van der Waals surface area contributed by atoms with Crippen molar-refractivity contribution in [2.45, 2.75) is 37.1 Å². The van der Waals surface area contributed by atoms with E-state index in [-0.39, 0.29) is 16.6 Å². The number of benzene rings is 1. The summed E-state index contributed by atoms with van der Waals surface area (Å²) in [5, 5.41) is 19.6. The molecule has 0 aromatic heterocycles. The fourth-order valence-electron chi connectivity index (χ4n) is 2.53. The second-order valence-electron chi connectivity index (χ2n) is 5.58. The molecule has 0 amide bonds. The Morgan fingerprint density at radius 1 is 1.42 bits per heavy atom. The Labute approximate surface area is 141 Å².